The van der Waals surface area contributed by atoms with Crippen LogP contribution >= 0.6 is 0 Å². The summed E-state index contributed by atoms with van der Waals surface area (Å²) in [7, 11) is 1.33. The standard InChI is InChI=1S/C21H20O9/c1-28-15-7-12(24)16-11(23)6-14(9-2-4-10(22)5-3-9)30-20(16)17(15)21-19(27)18(26)13(25)8-29-21/h2-7,13,18-19,21-22,24-27H,8H2,1H3/t13-,18-,19?,21-/m0/s1. The van der Waals surface area contributed by atoms with Gasteiger partial charge in [0, 0.05) is 17.7 Å². The van der Waals surface area contributed by atoms with Crippen LogP contribution in [0.15, 0.2) is 45.6 Å². The Morgan fingerprint density at radius 1 is 1.03 bits per heavy atom. The molecule has 3 aromatic rings. The predicted molar refractivity (Wildman–Crippen MR) is 105 cm³/mol. The first kappa shape index (κ1) is 20.2. The minimum atomic E-state index is -1.54. The number of hydrogen-bond acceptors (Lipinski definition) is 9. The lowest BCUT2D eigenvalue weighted by Crippen LogP contribution is -2.49. The lowest BCUT2D eigenvalue weighted by molar-refractivity contribution is -0.189. The van der Waals surface area contributed by atoms with Crippen LogP contribution in [0.2, 0.25) is 0 Å². The highest BCUT2D eigenvalue weighted by Crippen LogP contribution is 2.43. The fourth-order valence-corrected chi connectivity index (χ4v) is 3.58. The van der Waals surface area contributed by atoms with Gasteiger partial charge in [-0.25, -0.2) is 0 Å². The van der Waals surface area contributed by atoms with E-state index in [9.17, 15) is 30.3 Å². The molecule has 1 aliphatic heterocycles. The van der Waals surface area contributed by atoms with Gasteiger partial charge in [-0.15, -0.1) is 0 Å². The smallest absolute Gasteiger partial charge is 0.197 e. The monoisotopic (exact) mass is 416 g/mol. The maximum absolute atomic E-state index is 12.8. The Bertz CT molecular complexity index is 1140. The topological polar surface area (TPSA) is 150 Å². The number of aromatic hydroxyl groups is 2. The first-order valence-corrected chi connectivity index (χ1v) is 9.14. The molecule has 2 heterocycles. The van der Waals surface area contributed by atoms with Gasteiger partial charge in [-0.2, -0.15) is 0 Å². The molecule has 1 saturated heterocycles. The van der Waals surface area contributed by atoms with Crippen molar-refractivity contribution in [2.45, 2.75) is 24.4 Å². The van der Waals surface area contributed by atoms with Crippen molar-refractivity contribution in [3.8, 4) is 28.6 Å². The molecule has 0 aliphatic carbocycles. The van der Waals surface area contributed by atoms with E-state index >= 15 is 0 Å². The highest BCUT2D eigenvalue weighted by atomic mass is 16.5. The zero-order valence-electron chi connectivity index (χ0n) is 15.8. The van der Waals surface area contributed by atoms with Crippen LogP contribution in [0.1, 0.15) is 11.7 Å². The largest absolute Gasteiger partial charge is 0.508 e. The molecule has 1 unspecified atom stereocenters. The van der Waals surface area contributed by atoms with Gasteiger partial charge in [-0.1, -0.05) is 0 Å². The highest BCUT2D eigenvalue weighted by molar-refractivity contribution is 5.89. The van der Waals surface area contributed by atoms with Crippen LogP contribution in [-0.2, 0) is 4.74 Å². The van der Waals surface area contributed by atoms with Crippen LogP contribution in [0.25, 0.3) is 22.3 Å². The molecule has 30 heavy (non-hydrogen) atoms. The molecular weight excluding hydrogens is 396 g/mol. The van der Waals surface area contributed by atoms with Gasteiger partial charge < -0.3 is 39.4 Å². The average Bonchev–Trinajstić information content (AvgIpc) is 2.72. The van der Waals surface area contributed by atoms with E-state index in [4.69, 9.17) is 13.9 Å². The van der Waals surface area contributed by atoms with E-state index in [0.29, 0.717) is 5.56 Å². The Kier molecular flexibility index (Phi) is 5.12. The van der Waals surface area contributed by atoms with E-state index < -0.39 is 29.8 Å². The highest BCUT2D eigenvalue weighted by Gasteiger charge is 2.41. The molecule has 2 aromatic carbocycles. The second-order valence-electron chi connectivity index (χ2n) is 7.04. The lowest BCUT2D eigenvalue weighted by atomic mass is 9.92. The molecule has 4 rings (SSSR count). The summed E-state index contributed by atoms with van der Waals surface area (Å²) in [4.78, 5) is 12.8. The number of aliphatic hydroxyl groups is 3. The van der Waals surface area contributed by atoms with Crippen molar-refractivity contribution in [3.63, 3.8) is 0 Å². The Hall–Kier alpha value is -3.11. The van der Waals surface area contributed by atoms with Crippen molar-refractivity contribution in [2.24, 2.45) is 0 Å². The van der Waals surface area contributed by atoms with Gasteiger partial charge in [0.1, 0.15) is 52.8 Å². The van der Waals surface area contributed by atoms with Gasteiger partial charge in [0.25, 0.3) is 0 Å². The Morgan fingerprint density at radius 3 is 2.40 bits per heavy atom. The van der Waals surface area contributed by atoms with Crippen molar-refractivity contribution in [2.75, 3.05) is 13.7 Å². The summed E-state index contributed by atoms with van der Waals surface area (Å²) in [5, 5.41) is 50.1. The van der Waals surface area contributed by atoms with Gasteiger partial charge >= 0.3 is 0 Å². The van der Waals surface area contributed by atoms with Gasteiger partial charge in [0.15, 0.2) is 11.0 Å². The number of ether oxygens (including phenoxy) is 2. The quantitative estimate of drug-likeness (QED) is 0.422. The third kappa shape index (κ3) is 3.27. The predicted octanol–water partition coefficient (Wildman–Crippen LogP) is 1.03. The molecule has 0 spiro atoms. The summed E-state index contributed by atoms with van der Waals surface area (Å²) in [6.07, 6.45) is -5.52. The molecule has 0 amide bonds. The Labute approximate surface area is 170 Å². The fourth-order valence-electron chi connectivity index (χ4n) is 3.58. The lowest BCUT2D eigenvalue weighted by Gasteiger charge is -2.36. The number of phenols is 2. The molecule has 0 bridgehead atoms. The molecule has 158 valence electrons. The third-order valence-electron chi connectivity index (χ3n) is 5.14. The van der Waals surface area contributed by atoms with Crippen LogP contribution in [0.4, 0.5) is 0 Å². The maximum atomic E-state index is 12.8. The molecule has 9 heteroatoms. The summed E-state index contributed by atoms with van der Waals surface area (Å²) < 4.78 is 16.8. The summed E-state index contributed by atoms with van der Waals surface area (Å²) >= 11 is 0. The van der Waals surface area contributed by atoms with Gasteiger partial charge in [0.05, 0.1) is 19.3 Å². The van der Waals surface area contributed by atoms with Crippen molar-refractivity contribution in [3.05, 3.63) is 52.2 Å². The number of aliphatic hydroxyl groups excluding tert-OH is 3. The summed E-state index contributed by atoms with van der Waals surface area (Å²) in [6, 6.07) is 8.34. The SMILES string of the molecule is COc1cc(O)c2c(=O)cc(-c3ccc(O)cc3)oc2c1[C@@H]1OC[C@H](O)[C@H](O)C1O. The molecule has 9 nitrogen and oxygen atoms in total. The minimum Gasteiger partial charge on any atom is -0.508 e. The van der Waals surface area contributed by atoms with Crippen LogP contribution in [0, 0.1) is 0 Å². The van der Waals surface area contributed by atoms with Gasteiger partial charge in [-0.3, -0.25) is 4.79 Å². The first-order chi connectivity index (χ1) is 14.3. The van der Waals surface area contributed by atoms with Gasteiger partial charge in [0.2, 0.25) is 0 Å². The average molecular weight is 416 g/mol. The zero-order valence-corrected chi connectivity index (χ0v) is 15.8. The third-order valence-corrected chi connectivity index (χ3v) is 5.14. The molecular formula is C21H20O9. The van der Waals surface area contributed by atoms with Crippen molar-refractivity contribution >= 4 is 11.0 Å². The first-order valence-electron chi connectivity index (χ1n) is 9.14. The number of phenolic OH excluding ortho intramolecular Hbond substituents is 2. The molecule has 0 saturated carbocycles. The Balaban J connectivity index is 1.99. The summed E-state index contributed by atoms with van der Waals surface area (Å²) in [5.74, 6) is -0.137. The van der Waals surface area contributed by atoms with Crippen LogP contribution < -0.4 is 10.2 Å². The van der Waals surface area contributed by atoms with E-state index in [2.05, 4.69) is 0 Å². The normalized spacial score (nSPS) is 24.1. The fraction of sp³-hybridized carbons (Fsp3) is 0.286. The molecule has 5 N–H and O–H groups in total. The van der Waals surface area contributed by atoms with E-state index in [0.717, 1.165) is 0 Å². The summed E-state index contributed by atoms with van der Waals surface area (Å²) in [5.41, 5.74) is -0.0382. The molecule has 1 aliphatic rings. The Morgan fingerprint density at radius 2 is 1.73 bits per heavy atom. The molecule has 0 radical (unpaired) electrons. The van der Waals surface area contributed by atoms with Crippen molar-refractivity contribution in [1.29, 1.82) is 0 Å². The van der Waals surface area contributed by atoms with Crippen LogP contribution in [0.5, 0.6) is 17.2 Å². The molecule has 4 atom stereocenters. The number of methoxy groups -OCH3 is 1. The van der Waals surface area contributed by atoms with E-state index in [1.807, 2.05) is 0 Å². The molecule has 1 fully saturated rings. The summed E-state index contributed by atoms with van der Waals surface area (Å²) in [6.45, 7) is -0.268. The van der Waals surface area contributed by atoms with Crippen molar-refractivity contribution < 1.29 is 39.4 Å². The van der Waals surface area contributed by atoms with E-state index in [1.54, 1.807) is 12.1 Å². The van der Waals surface area contributed by atoms with Crippen LogP contribution in [-0.4, -0.2) is 57.6 Å². The van der Waals surface area contributed by atoms with Crippen molar-refractivity contribution in [1.82, 2.24) is 0 Å². The van der Waals surface area contributed by atoms with Gasteiger partial charge in [-0.05, 0) is 24.3 Å². The molecule has 1 aromatic heterocycles. The minimum absolute atomic E-state index is 0.0353. The number of benzene rings is 2. The number of rotatable bonds is 3. The zero-order chi connectivity index (χ0) is 21.6. The second-order valence-corrected chi connectivity index (χ2v) is 7.04. The van der Waals surface area contributed by atoms with E-state index in [-0.39, 0.29) is 46.1 Å². The number of fused-ring (bicyclic) bond motifs is 1. The second kappa shape index (κ2) is 7.62. The maximum Gasteiger partial charge on any atom is 0.197 e. The van der Waals surface area contributed by atoms with E-state index in [1.165, 1.54) is 31.4 Å². The number of hydrogen-bond donors (Lipinski definition) is 5. The van der Waals surface area contributed by atoms with Crippen LogP contribution in [0.3, 0.4) is 0 Å².